The van der Waals surface area contributed by atoms with E-state index in [-0.39, 0.29) is 11.4 Å². The van der Waals surface area contributed by atoms with Crippen LogP contribution in [0.1, 0.15) is 34.8 Å². The summed E-state index contributed by atoms with van der Waals surface area (Å²) in [5.74, 6) is 0.205. The van der Waals surface area contributed by atoms with E-state index in [1.807, 2.05) is 91.0 Å². The van der Waals surface area contributed by atoms with Crippen molar-refractivity contribution in [2.45, 2.75) is 13.8 Å². The number of nitrogens with zero attached hydrogens (tertiary/aromatic N) is 4. The molecule has 0 atom stereocenters. The molecule has 2 heterocycles. The summed E-state index contributed by atoms with van der Waals surface area (Å²) in [6.07, 6.45) is 0. The number of hydrogen-bond donors (Lipinski definition) is 2. The zero-order valence-electron chi connectivity index (χ0n) is 22.2. The van der Waals surface area contributed by atoms with Crippen LogP contribution >= 0.6 is 0 Å². The first-order valence-corrected chi connectivity index (χ1v) is 12.7. The van der Waals surface area contributed by atoms with Gasteiger partial charge in [-0.2, -0.15) is 10.2 Å². The summed E-state index contributed by atoms with van der Waals surface area (Å²) in [7, 11) is 0. The van der Waals surface area contributed by atoms with E-state index in [9.17, 15) is 9.59 Å². The van der Waals surface area contributed by atoms with Crippen LogP contribution in [0.15, 0.2) is 103 Å². The van der Waals surface area contributed by atoms with Gasteiger partial charge < -0.3 is 20.5 Å². The first-order valence-electron chi connectivity index (χ1n) is 12.7. The van der Waals surface area contributed by atoms with Crippen LogP contribution in [0.3, 0.4) is 0 Å². The number of ether oxygens (including phenoxy) is 2. The smallest absolute Gasteiger partial charge is 0.358 e. The molecule has 0 bridgehead atoms. The zero-order chi connectivity index (χ0) is 28.3. The summed E-state index contributed by atoms with van der Waals surface area (Å²) >= 11 is 0. The van der Waals surface area contributed by atoms with Crippen LogP contribution in [0.2, 0.25) is 0 Å². The molecule has 204 valence electrons. The molecule has 0 amide bonds. The number of rotatable bonds is 8. The molecule has 0 fully saturated rings. The Labute approximate surface area is 232 Å². The van der Waals surface area contributed by atoms with Gasteiger partial charge in [-0.3, -0.25) is 0 Å². The number of nitrogens with one attached hydrogen (secondary N) is 1. The predicted octanol–water partition coefficient (Wildman–Crippen LogP) is 5.42. The van der Waals surface area contributed by atoms with Gasteiger partial charge in [0.15, 0.2) is 11.4 Å². The van der Waals surface area contributed by atoms with E-state index >= 15 is 0 Å². The van der Waals surface area contributed by atoms with Crippen LogP contribution in [0, 0.1) is 0 Å². The molecule has 0 aliphatic carbocycles. The topological polar surface area (TPSA) is 126 Å². The van der Waals surface area contributed by atoms with Gasteiger partial charge in [0, 0.05) is 17.8 Å². The minimum Gasteiger partial charge on any atom is -0.461 e. The molecule has 40 heavy (non-hydrogen) atoms. The second-order valence-corrected chi connectivity index (χ2v) is 8.30. The maximum Gasteiger partial charge on any atom is 0.358 e. The van der Waals surface area contributed by atoms with Gasteiger partial charge in [-0.1, -0.05) is 54.6 Å². The Morgan fingerprint density at radius 3 is 1.68 bits per heavy atom. The quantitative estimate of drug-likeness (QED) is 0.251. The van der Waals surface area contributed by atoms with Crippen molar-refractivity contribution in [3.8, 4) is 11.4 Å². The number of anilines is 3. The highest BCUT2D eigenvalue weighted by Gasteiger charge is 2.17. The number of esters is 2. The predicted molar refractivity (Wildman–Crippen MR) is 153 cm³/mol. The highest BCUT2D eigenvalue weighted by atomic mass is 16.5. The van der Waals surface area contributed by atoms with E-state index in [4.69, 9.17) is 15.2 Å². The van der Waals surface area contributed by atoms with Crippen molar-refractivity contribution in [1.82, 2.24) is 19.6 Å². The third-order valence-corrected chi connectivity index (χ3v) is 5.46. The van der Waals surface area contributed by atoms with Gasteiger partial charge in [-0.05, 0) is 50.2 Å². The lowest BCUT2D eigenvalue weighted by Gasteiger charge is -2.09. The van der Waals surface area contributed by atoms with Gasteiger partial charge in [0.05, 0.1) is 24.6 Å². The molecule has 0 radical (unpaired) electrons. The SMILES string of the molecule is CCOC(=O)c1cc(N)n(-c2ccccc2)n1.CCOC(=O)c1cc(Nc2ccccc2)n(-c2ccccc2)n1. The Morgan fingerprint density at radius 2 is 1.15 bits per heavy atom. The van der Waals surface area contributed by atoms with Crippen molar-refractivity contribution >= 4 is 29.3 Å². The van der Waals surface area contributed by atoms with Crippen LogP contribution in [-0.4, -0.2) is 44.7 Å². The summed E-state index contributed by atoms with van der Waals surface area (Å²) in [5, 5.41) is 11.8. The van der Waals surface area contributed by atoms with E-state index in [0.29, 0.717) is 24.8 Å². The molecule has 0 unspecified atom stereocenters. The van der Waals surface area contributed by atoms with Crippen molar-refractivity contribution in [2.75, 3.05) is 24.3 Å². The van der Waals surface area contributed by atoms with Crippen LogP contribution < -0.4 is 11.1 Å². The van der Waals surface area contributed by atoms with Crippen molar-refractivity contribution in [3.63, 3.8) is 0 Å². The Balaban J connectivity index is 0.000000194. The summed E-state index contributed by atoms with van der Waals surface area (Å²) < 4.78 is 13.1. The number of para-hydroxylation sites is 3. The molecule has 2 aromatic heterocycles. The largest absolute Gasteiger partial charge is 0.461 e. The number of aromatic nitrogens is 4. The van der Waals surface area contributed by atoms with Crippen LogP contribution in [-0.2, 0) is 9.47 Å². The molecule has 0 aliphatic rings. The Kier molecular flexibility index (Phi) is 9.28. The molecule has 3 aromatic carbocycles. The van der Waals surface area contributed by atoms with Gasteiger partial charge >= 0.3 is 11.9 Å². The summed E-state index contributed by atoms with van der Waals surface area (Å²) in [6, 6.07) is 31.9. The van der Waals surface area contributed by atoms with Crippen molar-refractivity contribution in [3.05, 3.63) is 115 Å². The fourth-order valence-corrected chi connectivity index (χ4v) is 3.69. The van der Waals surface area contributed by atoms with Gasteiger partial charge in [0.1, 0.15) is 11.6 Å². The molecule has 0 saturated carbocycles. The first kappa shape index (κ1) is 27.6. The molecule has 5 rings (SSSR count). The lowest BCUT2D eigenvalue weighted by atomic mass is 10.3. The lowest BCUT2D eigenvalue weighted by Crippen LogP contribution is -2.07. The molecule has 5 aromatic rings. The third-order valence-electron chi connectivity index (χ3n) is 5.46. The van der Waals surface area contributed by atoms with Gasteiger partial charge in [0.25, 0.3) is 0 Å². The second kappa shape index (κ2) is 13.4. The van der Waals surface area contributed by atoms with Crippen molar-refractivity contribution in [1.29, 1.82) is 0 Å². The molecule has 10 heteroatoms. The summed E-state index contributed by atoms with van der Waals surface area (Å²) in [6.45, 7) is 4.15. The van der Waals surface area contributed by atoms with Gasteiger partial charge in [-0.25, -0.2) is 19.0 Å². The minimum atomic E-state index is -0.464. The number of nitrogen functional groups attached to an aromatic ring is 1. The Hall–Kier alpha value is -5.38. The molecule has 3 N–H and O–H groups in total. The number of nitrogens with two attached hydrogens (primary N) is 1. The van der Waals surface area contributed by atoms with Crippen LogP contribution in [0.4, 0.5) is 17.3 Å². The maximum atomic E-state index is 12.0. The van der Waals surface area contributed by atoms with Crippen molar-refractivity contribution < 1.29 is 19.1 Å². The van der Waals surface area contributed by atoms with Crippen LogP contribution in [0.5, 0.6) is 0 Å². The maximum absolute atomic E-state index is 12.0. The van der Waals surface area contributed by atoms with E-state index in [0.717, 1.165) is 17.1 Å². The van der Waals surface area contributed by atoms with Gasteiger partial charge in [0.2, 0.25) is 0 Å². The number of benzene rings is 3. The fraction of sp³-hybridized carbons (Fsp3) is 0.133. The van der Waals surface area contributed by atoms with E-state index < -0.39 is 11.9 Å². The number of carbonyl (C=O) groups excluding carboxylic acids is 2. The number of hydrogen-bond acceptors (Lipinski definition) is 8. The first-order chi connectivity index (χ1) is 19.5. The monoisotopic (exact) mass is 538 g/mol. The number of carbonyl (C=O) groups is 2. The Bertz CT molecular complexity index is 1530. The average molecular weight is 539 g/mol. The Morgan fingerprint density at radius 1 is 0.700 bits per heavy atom. The van der Waals surface area contributed by atoms with E-state index in [1.165, 1.54) is 10.7 Å². The van der Waals surface area contributed by atoms with Gasteiger partial charge in [-0.15, -0.1) is 0 Å². The van der Waals surface area contributed by atoms with Crippen LogP contribution in [0.25, 0.3) is 11.4 Å². The van der Waals surface area contributed by atoms with E-state index in [2.05, 4.69) is 15.5 Å². The summed E-state index contributed by atoms with van der Waals surface area (Å²) in [4.78, 5) is 23.5. The molecule has 10 nitrogen and oxygen atoms in total. The van der Waals surface area contributed by atoms with Crippen molar-refractivity contribution in [2.24, 2.45) is 0 Å². The lowest BCUT2D eigenvalue weighted by molar-refractivity contribution is 0.0509. The third kappa shape index (κ3) is 6.93. The second-order valence-electron chi connectivity index (χ2n) is 8.30. The summed E-state index contributed by atoms with van der Waals surface area (Å²) in [5.41, 5.74) is 8.87. The molecular formula is C30H30N6O4. The molecular weight excluding hydrogens is 508 g/mol. The fourth-order valence-electron chi connectivity index (χ4n) is 3.69. The highest BCUT2D eigenvalue weighted by Crippen LogP contribution is 2.22. The minimum absolute atomic E-state index is 0.216. The molecule has 0 aliphatic heterocycles. The standard InChI is InChI=1S/C18H17N3O2.C12H13N3O2/c1-2-23-18(22)16-13-17(19-14-9-5-3-6-10-14)21(20-16)15-11-7-4-8-12-15;1-2-17-12(16)10-8-11(13)15(14-10)9-6-4-3-5-7-9/h3-13,19H,2H2,1H3;3-8H,2,13H2,1H3. The zero-order valence-corrected chi connectivity index (χ0v) is 22.2. The highest BCUT2D eigenvalue weighted by molar-refractivity contribution is 5.89. The molecule has 0 saturated heterocycles. The van der Waals surface area contributed by atoms with E-state index in [1.54, 1.807) is 24.6 Å². The normalized spacial score (nSPS) is 10.2. The average Bonchev–Trinajstić information content (AvgIpc) is 3.59. The molecule has 0 spiro atoms.